The Balaban J connectivity index is 1.58. The summed E-state index contributed by atoms with van der Waals surface area (Å²) < 4.78 is 51.8. The molecule has 0 radical (unpaired) electrons. The van der Waals surface area contributed by atoms with E-state index in [9.17, 15) is 27.2 Å². The van der Waals surface area contributed by atoms with Gasteiger partial charge < -0.3 is 10.2 Å². The summed E-state index contributed by atoms with van der Waals surface area (Å²) in [4.78, 5) is 25.8. The van der Waals surface area contributed by atoms with Crippen LogP contribution in [0.15, 0.2) is 48.5 Å². The quantitative estimate of drug-likeness (QED) is 0.630. The van der Waals surface area contributed by atoms with Crippen molar-refractivity contribution in [2.45, 2.75) is 12.6 Å². The molecular weight excluding hydrogens is 388 g/mol. The Hall–Kier alpha value is -3.34. The Kier molecular flexibility index (Phi) is 5.87. The van der Waals surface area contributed by atoms with Gasteiger partial charge in [-0.3, -0.25) is 9.59 Å². The van der Waals surface area contributed by atoms with Crippen molar-refractivity contribution in [2.24, 2.45) is 5.92 Å². The van der Waals surface area contributed by atoms with Crippen LogP contribution in [0.3, 0.4) is 0 Å². The SMILES string of the molecule is O=C(NCC#Cc1ccccc1C(F)(F)F)C1CC(=O)N(c2ccc(F)cc2)C1. The number of alkyl halides is 3. The molecule has 3 rings (SSSR count). The molecule has 0 aliphatic carbocycles. The lowest BCUT2D eigenvalue weighted by Crippen LogP contribution is -2.33. The van der Waals surface area contributed by atoms with Crippen LogP contribution < -0.4 is 10.2 Å². The monoisotopic (exact) mass is 404 g/mol. The average molecular weight is 404 g/mol. The lowest BCUT2D eigenvalue weighted by Gasteiger charge is -2.16. The Bertz CT molecular complexity index is 975. The summed E-state index contributed by atoms with van der Waals surface area (Å²) in [5.41, 5.74) is -0.516. The molecule has 0 aromatic heterocycles. The molecule has 8 heteroatoms. The molecule has 1 N–H and O–H groups in total. The second kappa shape index (κ2) is 8.35. The molecule has 29 heavy (non-hydrogen) atoms. The van der Waals surface area contributed by atoms with E-state index in [2.05, 4.69) is 17.2 Å². The van der Waals surface area contributed by atoms with E-state index < -0.39 is 29.4 Å². The second-order valence-corrected chi connectivity index (χ2v) is 6.44. The molecule has 1 aliphatic rings. The number of nitrogens with zero attached hydrogens (tertiary/aromatic N) is 1. The lowest BCUT2D eigenvalue weighted by atomic mass is 10.1. The van der Waals surface area contributed by atoms with E-state index >= 15 is 0 Å². The lowest BCUT2D eigenvalue weighted by molar-refractivity contribution is -0.137. The van der Waals surface area contributed by atoms with Gasteiger partial charge in [0.05, 0.1) is 18.0 Å². The van der Waals surface area contributed by atoms with Gasteiger partial charge in [0.1, 0.15) is 5.82 Å². The van der Waals surface area contributed by atoms with Crippen LogP contribution in [-0.2, 0) is 15.8 Å². The number of hydrogen-bond acceptors (Lipinski definition) is 2. The minimum atomic E-state index is -4.51. The zero-order valence-corrected chi connectivity index (χ0v) is 15.1. The Morgan fingerprint density at radius 3 is 2.52 bits per heavy atom. The molecule has 1 atom stereocenters. The minimum absolute atomic E-state index is 0.00640. The maximum atomic E-state index is 13.0. The number of nitrogens with one attached hydrogen (secondary N) is 1. The van der Waals surface area contributed by atoms with Gasteiger partial charge in [-0.25, -0.2) is 4.39 Å². The van der Waals surface area contributed by atoms with E-state index in [0.717, 1.165) is 6.07 Å². The van der Waals surface area contributed by atoms with E-state index in [1.807, 2.05) is 0 Å². The molecule has 1 heterocycles. The van der Waals surface area contributed by atoms with Gasteiger partial charge in [-0.15, -0.1) is 0 Å². The fourth-order valence-electron chi connectivity index (χ4n) is 3.01. The summed E-state index contributed by atoms with van der Waals surface area (Å²) in [5, 5.41) is 2.52. The van der Waals surface area contributed by atoms with Crippen molar-refractivity contribution in [1.29, 1.82) is 0 Å². The number of benzene rings is 2. The molecule has 2 aromatic carbocycles. The highest BCUT2D eigenvalue weighted by molar-refractivity contribution is 6.00. The molecule has 2 aromatic rings. The summed E-state index contributed by atoms with van der Waals surface area (Å²) >= 11 is 0. The fraction of sp³-hybridized carbons (Fsp3) is 0.238. The zero-order valence-electron chi connectivity index (χ0n) is 15.1. The topological polar surface area (TPSA) is 49.4 Å². The molecule has 1 saturated heterocycles. The summed E-state index contributed by atoms with van der Waals surface area (Å²) in [6.07, 6.45) is -4.52. The highest BCUT2D eigenvalue weighted by Gasteiger charge is 2.35. The Morgan fingerprint density at radius 2 is 1.83 bits per heavy atom. The van der Waals surface area contributed by atoms with Gasteiger partial charge in [-0.1, -0.05) is 24.0 Å². The molecule has 0 spiro atoms. The molecule has 0 bridgehead atoms. The first kappa shape index (κ1) is 20.4. The van der Waals surface area contributed by atoms with Crippen LogP contribution in [0.4, 0.5) is 23.2 Å². The Morgan fingerprint density at radius 1 is 1.14 bits per heavy atom. The van der Waals surface area contributed by atoms with Gasteiger partial charge in [0, 0.05) is 24.2 Å². The maximum Gasteiger partial charge on any atom is 0.417 e. The molecule has 1 fully saturated rings. The van der Waals surface area contributed by atoms with Crippen LogP contribution >= 0.6 is 0 Å². The van der Waals surface area contributed by atoms with E-state index in [1.54, 1.807) is 0 Å². The molecule has 150 valence electrons. The summed E-state index contributed by atoms with van der Waals surface area (Å²) in [6.45, 7) is -0.00705. The number of anilines is 1. The van der Waals surface area contributed by atoms with E-state index in [1.165, 1.54) is 47.4 Å². The maximum absolute atomic E-state index is 13.0. The molecule has 1 aliphatic heterocycles. The van der Waals surface area contributed by atoms with Crippen LogP contribution in [-0.4, -0.2) is 24.9 Å². The van der Waals surface area contributed by atoms with Gasteiger partial charge in [-0.05, 0) is 36.4 Å². The second-order valence-electron chi connectivity index (χ2n) is 6.44. The van der Waals surface area contributed by atoms with Gasteiger partial charge in [0.25, 0.3) is 0 Å². The predicted octanol–water partition coefficient (Wildman–Crippen LogP) is 3.37. The Labute approximate surface area is 164 Å². The van der Waals surface area contributed by atoms with Gasteiger partial charge >= 0.3 is 6.18 Å². The molecule has 0 saturated carbocycles. The van der Waals surface area contributed by atoms with Gasteiger partial charge in [0.15, 0.2) is 0 Å². The van der Waals surface area contributed by atoms with E-state index in [-0.39, 0.29) is 31.0 Å². The first-order valence-corrected chi connectivity index (χ1v) is 8.74. The summed E-state index contributed by atoms with van der Waals surface area (Å²) in [6, 6.07) is 10.3. The molecule has 4 nitrogen and oxygen atoms in total. The standard InChI is InChI=1S/C21H16F4N2O2/c22-16-7-9-17(10-8-16)27-13-15(12-19(27)28)20(29)26-11-3-5-14-4-1-2-6-18(14)21(23,24)25/h1-2,4,6-10,15H,11-13H2,(H,26,29). The van der Waals surface area contributed by atoms with Crippen molar-refractivity contribution in [3.8, 4) is 11.8 Å². The zero-order chi connectivity index (χ0) is 21.0. The van der Waals surface area contributed by atoms with Crippen molar-refractivity contribution in [3.63, 3.8) is 0 Å². The fourth-order valence-corrected chi connectivity index (χ4v) is 3.01. The van der Waals surface area contributed by atoms with Crippen LogP contribution in [0, 0.1) is 23.6 Å². The van der Waals surface area contributed by atoms with Crippen molar-refractivity contribution < 1.29 is 27.2 Å². The van der Waals surface area contributed by atoms with Crippen LogP contribution in [0.2, 0.25) is 0 Å². The van der Waals surface area contributed by atoms with Crippen molar-refractivity contribution >= 4 is 17.5 Å². The average Bonchev–Trinajstić information content (AvgIpc) is 3.07. The van der Waals surface area contributed by atoms with Crippen molar-refractivity contribution in [1.82, 2.24) is 5.32 Å². The highest BCUT2D eigenvalue weighted by atomic mass is 19.4. The van der Waals surface area contributed by atoms with E-state index in [4.69, 9.17) is 0 Å². The normalized spacial score (nSPS) is 16.3. The number of halogens is 4. The third-order valence-electron chi connectivity index (χ3n) is 4.44. The number of amides is 2. The smallest absolute Gasteiger partial charge is 0.345 e. The molecule has 1 unspecified atom stereocenters. The first-order chi connectivity index (χ1) is 13.8. The number of rotatable bonds is 3. The third-order valence-corrected chi connectivity index (χ3v) is 4.44. The van der Waals surface area contributed by atoms with E-state index in [0.29, 0.717) is 5.69 Å². The van der Waals surface area contributed by atoms with Crippen molar-refractivity contribution in [3.05, 3.63) is 65.5 Å². The first-order valence-electron chi connectivity index (χ1n) is 8.74. The highest BCUT2D eigenvalue weighted by Crippen LogP contribution is 2.31. The van der Waals surface area contributed by atoms with Crippen LogP contribution in [0.5, 0.6) is 0 Å². The number of carbonyl (C=O) groups excluding carboxylic acids is 2. The number of carbonyl (C=O) groups is 2. The van der Waals surface area contributed by atoms with Crippen LogP contribution in [0.25, 0.3) is 0 Å². The predicted molar refractivity (Wildman–Crippen MR) is 98.2 cm³/mol. The van der Waals surface area contributed by atoms with Gasteiger partial charge in [0.2, 0.25) is 11.8 Å². The largest absolute Gasteiger partial charge is 0.417 e. The summed E-state index contributed by atoms with van der Waals surface area (Å²) in [5.74, 6) is 3.20. The van der Waals surface area contributed by atoms with Crippen LogP contribution in [0.1, 0.15) is 17.5 Å². The molecular formula is C21H16F4N2O2. The summed E-state index contributed by atoms with van der Waals surface area (Å²) in [7, 11) is 0. The third kappa shape index (κ3) is 4.93. The minimum Gasteiger partial charge on any atom is -0.345 e. The van der Waals surface area contributed by atoms with Crippen molar-refractivity contribution in [2.75, 3.05) is 18.0 Å². The molecule has 2 amide bonds. The van der Waals surface area contributed by atoms with Gasteiger partial charge in [-0.2, -0.15) is 13.2 Å². The number of hydrogen-bond donors (Lipinski definition) is 1.